The number of ether oxygens (including phenoxy) is 2. The van der Waals surface area contributed by atoms with Gasteiger partial charge in [-0.1, -0.05) is 12.1 Å². The summed E-state index contributed by atoms with van der Waals surface area (Å²) >= 11 is 0. The Morgan fingerprint density at radius 1 is 1.15 bits per heavy atom. The second kappa shape index (κ2) is 5.05. The first-order chi connectivity index (χ1) is 9.81. The average molecular weight is 268 g/mol. The van der Waals surface area contributed by atoms with Gasteiger partial charge < -0.3 is 9.47 Å². The van der Waals surface area contributed by atoms with E-state index >= 15 is 0 Å². The molecule has 5 heteroatoms. The van der Waals surface area contributed by atoms with Crippen molar-refractivity contribution in [2.45, 2.75) is 0 Å². The Morgan fingerprint density at radius 2 is 2.00 bits per heavy atom. The summed E-state index contributed by atoms with van der Waals surface area (Å²) in [7, 11) is 1.58. The molecular formula is C15H12N2O3. The van der Waals surface area contributed by atoms with Crippen molar-refractivity contribution in [2.24, 2.45) is 0 Å². The molecule has 0 N–H and O–H groups in total. The Balaban J connectivity index is 2.03. The van der Waals surface area contributed by atoms with Crippen molar-refractivity contribution in [1.29, 1.82) is 0 Å². The molecular weight excluding hydrogens is 256 g/mol. The summed E-state index contributed by atoms with van der Waals surface area (Å²) in [6, 6.07) is 12.6. The van der Waals surface area contributed by atoms with Crippen molar-refractivity contribution in [2.75, 3.05) is 7.11 Å². The molecule has 3 rings (SSSR count). The molecule has 0 radical (unpaired) electrons. The van der Waals surface area contributed by atoms with Crippen LogP contribution in [0.1, 0.15) is 10.5 Å². The van der Waals surface area contributed by atoms with E-state index in [0.29, 0.717) is 22.8 Å². The fourth-order valence-corrected chi connectivity index (χ4v) is 1.95. The highest BCUT2D eigenvalue weighted by Crippen LogP contribution is 2.27. The minimum absolute atomic E-state index is 0.277. The number of carbonyl (C=O) groups is 1. The molecule has 0 spiro atoms. The van der Waals surface area contributed by atoms with Gasteiger partial charge in [0, 0.05) is 12.3 Å². The molecule has 0 saturated carbocycles. The Bertz CT molecular complexity index is 765. The highest BCUT2D eigenvalue weighted by Gasteiger charge is 2.13. The fraction of sp³-hybridized carbons (Fsp3) is 0.0667. The summed E-state index contributed by atoms with van der Waals surface area (Å²) in [4.78, 5) is 15.6. The molecule has 3 aromatic rings. The van der Waals surface area contributed by atoms with Crippen molar-refractivity contribution in [3.63, 3.8) is 0 Å². The van der Waals surface area contributed by atoms with Gasteiger partial charge in [0.05, 0.1) is 7.11 Å². The highest BCUT2D eigenvalue weighted by atomic mass is 16.5. The van der Waals surface area contributed by atoms with Gasteiger partial charge in [-0.15, -0.1) is 0 Å². The number of aldehydes is 1. The third-order valence-electron chi connectivity index (χ3n) is 2.90. The first-order valence-corrected chi connectivity index (χ1v) is 6.06. The normalized spacial score (nSPS) is 10.4. The summed E-state index contributed by atoms with van der Waals surface area (Å²) in [6.45, 7) is 0. The molecule has 1 aromatic carbocycles. The highest BCUT2D eigenvalue weighted by molar-refractivity contribution is 5.78. The summed E-state index contributed by atoms with van der Waals surface area (Å²) in [5.41, 5.74) is 1.04. The smallest absolute Gasteiger partial charge is 0.249 e. The van der Waals surface area contributed by atoms with Crippen molar-refractivity contribution >= 4 is 11.9 Å². The maximum atomic E-state index is 11.3. The van der Waals surface area contributed by atoms with Crippen LogP contribution in [0.15, 0.2) is 48.7 Å². The topological polar surface area (TPSA) is 52.8 Å². The van der Waals surface area contributed by atoms with Gasteiger partial charge in [0.1, 0.15) is 17.1 Å². The van der Waals surface area contributed by atoms with Crippen molar-refractivity contribution in [3.8, 4) is 17.4 Å². The molecule has 0 aliphatic rings. The predicted molar refractivity (Wildman–Crippen MR) is 73.6 cm³/mol. The third kappa shape index (κ3) is 2.09. The zero-order chi connectivity index (χ0) is 13.9. The second-order valence-electron chi connectivity index (χ2n) is 4.13. The number of methoxy groups -OCH3 is 1. The predicted octanol–water partition coefficient (Wildman–Crippen LogP) is 2.95. The molecule has 0 aliphatic heterocycles. The molecule has 20 heavy (non-hydrogen) atoms. The van der Waals surface area contributed by atoms with Gasteiger partial charge in [-0.25, -0.2) is 0 Å². The van der Waals surface area contributed by atoms with E-state index in [4.69, 9.17) is 9.47 Å². The maximum absolute atomic E-state index is 11.3. The zero-order valence-electron chi connectivity index (χ0n) is 10.8. The number of carbonyl (C=O) groups excluding carboxylic acids is 1. The van der Waals surface area contributed by atoms with Crippen molar-refractivity contribution < 1.29 is 14.3 Å². The van der Waals surface area contributed by atoms with Gasteiger partial charge in [0.2, 0.25) is 5.88 Å². The number of imidazole rings is 1. The molecule has 2 heterocycles. The van der Waals surface area contributed by atoms with Crippen LogP contribution in [0.5, 0.6) is 17.4 Å². The van der Waals surface area contributed by atoms with Gasteiger partial charge in [0.25, 0.3) is 0 Å². The molecule has 0 aliphatic carbocycles. The Kier molecular flexibility index (Phi) is 3.09. The van der Waals surface area contributed by atoms with E-state index in [-0.39, 0.29) is 5.88 Å². The lowest BCUT2D eigenvalue weighted by atomic mass is 10.3. The van der Waals surface area contributed by atoms with Crippen LogP contribution in [-0.2, 0) is 0 Å². The number of hydrogen-bond acceptors (Lipinski definition) is 4. The van der Waals surface area contributed by atoms with Gasteiger partial charge in [0.15, 0.2) is 12.0 Å². The minimum atomic E-state index is 0.277. The quantitative estimate of drug-likeness (QED) is 0.683. The fourth-order valence-electron chi connectivity index (χ4n) is 1.95. The molecule has 0 bridgehead atoms. The van der Waals surface area contributed by atoms with E-state index in [1.54, 1.807) is 29.8 Å². The molecule has 0 amide bonds. The van der Waals surface area contributed by atoms with Gasteiger partial charge in [-0.2, -0.15) is 4.98 Å². The molecule has 2 aromatic heterocycles. The van der Waals surface area contributed by atoms with E-state index in [2.05, 4.69) is 4.98 Å². The number of rotatable bonds is 4. The second-order valence-corrected chi connectivity index (χ2v) is 4.13. The number of fused-ring (bicyclic) bond motifs is 1. The number of benzene rings is 1. The number of nitrogens with zero attached hydrogens (tertiary/aromatic N) is 2. The van der Waals surface area contributed by atoms with E-state index in [1.165, 1.54) is 0 Å². The van der Waals surface area contributed by atoms with Crippen LogP contribution in [-0.4, -0.2) is 22.8 Å². The first-order valence-electron chi connectivity index (χ1n) is 6.06. The standard InChI is InChI=1S/C15H12N2O3/c1-19-11-5-4-6-12(9-11)20-15-13(10-18)17-8-3-2-7-14(17)16-15/h2-10H,1H3. The molecule has 0 saturated heterocycles. The van der Waals surface area contributed by atoms with E-state index in [0.717, 1.165) is 6.29 Å². The Morgan fingerprint density at radius 3 is 2.80 bits per heavy atom. The summed E-state index contributed by atoms with van der Waals surface area (Å²) < 4.78 is 12.5. The minimum Gasteiger partial charge on any atom is -0.497 e. The molecule has 0 atom stereocenters. The zero-order valence-corrected chi connectivity index (χ0v) is 10.8. The van der Waals surface area contributed by atoms with E-state index in [9.17, 15) is 4.79 Å². The SMILES string of the molecule is COc1cccc(Oc2nc3ccccn3c2C=O)c1. The lowest BCUT2D eigenvalue weighted by Gasteiger charge is -2.05. The van der Waals surface area contributed by atoms with Crippen LogP contribution in [0.25, 0.3) is 5.65 Å². The summed E-state index contributed by atoms with van der Waals surface area (Å²) in [5.74, 6) is 1.52. The number of aromatic nitrogens is 2. The van der Waals surface area contributed by atoms with Gasteiger partial charge >= 0.3 is 0 Å². The molecule has 100 valence electrons. The molecule has 0 fully saturated rings. The number of pyridine rings is 1. The van der Waals surface area contributed by atoms with Crippen molar-refractivity contribution in [1.82, 2.24) is 9.38 Å². The van der Waals surface area contributed by atoms with Crippen LogP contribution in [0.4, 0.5) is 0 Å². The lowest BCUT2D eigenvalue weighted by Crippen LogP contribution is -1.93. The van der Waals surface area contributed by atoms with E-state index < -0.39 is 0 Å². The summed E-state index contributed by atoms with van der Waals surface area (Å²) in [5, 5.41) is 0. The first kappa shape index (κ1) is 12.2. The average Bonchev–Trinajstić information content (AvgIpc) is 2.84. The van der Waals surface area contributed by atoms with Crippen LogP contribution < -0.4 is 9.47 Å². The van der Waals surface area contributed by atoms with Crippen LogP contribution in [0.3, 0.4) is 0 Å². The van der Waals surface area contributed by atoms with Crippen LogP contribution in [0.2, 0.25) is 0 Å². The van der Waals surface area contributed by atoms with Gasteiger partial charge in [-0.3, -0.25) is 9.20 Å². The summed E-state index contributed by atoms with van der Waals surface area (Å²) in [6.07, 6.45) is 2.50. The maximum Gasteiger partial charge on any atom is 0.249 e. The Hall–Kier alpha value is -2.82. The van der Waals surface area contributed by atoms with Crippen LogP contribution >= 0.6 is 0 Å². The van der Waals surface area contributed by atoms with Crippen molar-refractivity contribution in [3.05, 3.63) is 54.4 Å². The van der Waals surface area contributed by atoms with E-state index in [1.807, 2.05) is 30.3 Å². The molecule has 0 unspecified atom stereocenters. The third-order valence-corrected chi connectivity index (χ3v) is 2.90. The van der Waals surface area contributed by atoms with Gasteiger partial charge in [-0.05, 0) is 24.3 Å². The Labute approximate surface area is 115 Å². The number of hydrogen-bond donors (Lipinski definition) is 0. The molecule has 5 nitrogen and oxygen atoms in total. The monoisotopic (exact) mass is 268 g/mol. The largest absolute Gasteiger partial charge is 0.497 e. The van der Waals surface area contributed by atoms with Crippen LogP contribution in [0, 0.1) is 0 Å². The lowest BCUT2D eigenvalue weighted by molar-refractivity contribution is 0.111.